The molecule has 1 heterocycles. The molecule has 1 saturated heterocycles. The first-order valence-electron chi connectivity index (χ1n) is 5.88. The molecule has 0 amide bonds. The van der Waals surface area contributed by atoms with Crippen LogP contribution in [0.3, 0.4) is 0 Å². The predicted molar refractivity (Wildman–Crippen MR) is 75.3 cm³/mol. The van der Waals surface area contributed by atoms with Crippen molar-refractivity contribution in [3.8, 4) is 0 Å². The molecule has 0 spiro atoms. The average molecular weight is 333 g/mol. The van der Waals surface area contributed by atoms with Crippen LogP contribution < -0.4 is 5.32 Å². The Kier molecular flexibility index (Phi) is 4.78. The van der Waals surface area contributed by atoms with Gasteiger partial charge in [-0.1, -0.05) is 27.5 Å². The van der Waals surface area contributed by atoms with E-state index in [9.17, 15) is 4.79 Å². The lowest BCUT2D eigenvalue weighted by molar-refractivity contribution is 0.0463. The molecule has 0 aliphatic carbocycles. The van der Waals surface area contributed by atoms with Gasteiger partial charge in [-0.25, -0.2) is 0 Å². The van der Waals surface area contributed by atoms with Gasteiger partial charge < -0.3 is 10.1 Å². The average Bonchev–Trinajstić information content (AvgIpc) is 2.28. The fraction of sp³-hybridized carbons (Fsp3) is 0.462. The first-order chi connectivity index (χ1) is 8.56. The molecule has 0 bridgehead atoms. The third-order valence-electron chi connectivity index (χ3n) is 2.87. The van der Waals surface area contributed by atoms with E-state index in [1.54, 1.807) is 12.1 Å². The maximum atomic E-state index is 12.2. The van der Waals surface area contributed by atoms with E-state index in [0.29, 0.717) is 30.2 Å². The largest absolute Gasteiger partial charge is 0.378 e. The smallest absolute Gasteiger partial charge is 0.166 e. The van der Waals surface area contributed by atoms with E-state index in [4.69, 9.17) is 16.3 Å². The van der Waals surface area contributed by atoms with Gasteiger partial charge in [0.1, 0.15) is 0 Å². The van der Waals surface area contributed by atoms with Crippen LogP contribution in [-0.4, -0.2) is 31.1 Å². The van der Waals surface area contributed by atoms with E-state index in [1.165, 1.54) is 0 Å². The van der Waals surface area contributed by atoms with Crippen molar-refractivity contribution in [1.29, 1.82) is 0 Å². The number of hydrogen-bond acceptors (Lipinski definition) is 3. The van der Waals surface area contributed by atoms with Crippen LogP contribution >= 0.6 is 27.5 Å². The molecule has 1 N–H and O–H groups in total. The van der Waals surface area contributed by atoms with Crippen molar-refractivity contribution < 1.29 is 9.53 Å². The minimum Gasteiger partial charge on any atom is -0.378 e. The molecule has 1 aromatic carbocycles. The van der Waals surface area contributed by atoms with E-state index in [1.807, 2.05) is 13.0 Å². The van der Waals surface area contributed by atoms with Crippen molar-refractivity contribution in [2.24, 2.45) is 0 Å². The van der Waals surface area contributed by atoms with Gasteiger partial charge in [0.2, 0.25) is 0 Å². The monoisotopic (exact) mass is 331 g/mol. The summed E-state index contributed by atoms with van der Waals surface area (Å²) in [6.45, 7) is 3.32. The number of rotatable bonds is 3. The van der Waals surface area contributed by atoms with Crippen LogP contribution in [0.5, 0.6) is 0 Å². The summed E-state index contributed by atoms with van der Waals surface area (Å²) >= 11 is 9.39. The molecule has 3 nitrogen and oxygen atoms in total. The summed E-state index contributed by atoms with van der Waals surface area (Å²) in [5.74, 6) is 0.0442. The normalized spacial score (nSPS) is 23.9. The van der Waals surface area contributed by atoms with E-state index < -0.39 is 0 Å². The van der Waals surface area contributed by atoms with Crippen LogP contribution in [0.25, 0.3) is 0 Å². The molecule has 0 aromatic heterocycles. The fourth-order valence-electron chi connectivity index (χ4n) is 2.05. The van der Waals surface area contributed by atoms with E-state index in [2.05, 4.69) is 21.2 Å². The number of ether oxygens (including phenoxy) is 1. The third kappa shape index (κ3) is 3.54. The van der Waals surface area contributed by atoms with Crippen LogP contribution in [0.2, 0.25) is 5.02 Å². The molecule has 1 aromatic rings. The number of nitrogens with one attached hydrogen (secondary N) is 1. The number of morpholine rings is 1. The minimum atomic E-state index is 0.0442. The molecule has 0 radical (unpaired) electrons. The summed E-state index contributed by atoms with van der Waals surface area (Å²) in [6, 6.07) is 5.68. The van der Waals surface area contributed by atoms with Crippen molar-refractivity contribution in [2.45, 2.75) is 25.4 Å². The Morgan fingerprint density at radius 3 is 3.00 bits per heavy atom. The number of Topliss-reactive ketones (excluding diaryl/α,β-unsaturated/α-hetero) is 1. The van der Waals surface area contributed by atoms with Crippen LogP contribution in [0.4, 0.5) is 0 Å². The standard InChI is InChI=1S/C13H15BrClNO2/c1-8-6-18-7-10(16-8)5-13(17)11-3-2-9(14)4-12(11)15/h2-4,8,10,16H,5-7H2,1H3. The highest BCUT2D eigenvalue weighted by molar-refractivity contribution is 9.10. The quantitative estimate of drug-likeness (QED) is 0.865. The van der Waals surface area contributed by atoms with Gasteiger partial charge in [-0.15, -0.1) is 0 Å². The van der Waals surface area contributed by atoms with Crippen LogP contribution in [0, 0.1) is 0 Å². The Morgan fingerprint density at radius 1 is 1.56 bits per heavy atom. The van der Waals surface area contributed by atoms with Crippen LogP contribution in [0.15, 0.2) is 22.7 Å². The summed E-state index contributed by atoms with van der Waals surface area (Å²) < 4.78 is 6.30. The highest BCUT2D eigenvalue weighted by Gasteiger charge is 2.22. The summed E-state index contributed by atoms with van der Waals surface area (Å²) in [7, 11) is 0. The van der Waals surface area contributed by atoms with Gasteiger partial charge in [0.15, 0.2) is 5.78 Å². The Bertz CT molecular complexity index is 453. The van der Waals surface area contributed by atoms with Crippen molar-refractivity contribution in [3.05, 3.63) is 33.3 Å². The zero-order valence-corrected chi connectivity index (χ0v) is 12.4. The van der Waals surface area contributed by atoms with Crippen molar-refractivity contribution in [2.75, 3.05) is 13.2 Å². The lowest BCUT2D eigenvalue weighted by Gasteiger charge is -2.28. The van der Waals surface area contributed by atoms with Gasteiger partial charge in [-0.05, 0) is 25.1 Å². The van der Waals surface area contributed by atoms with Crippen LogP contribution in [-0.2, 0) is 4.74 Å². The van der Waals surface area contributed by atoms with Gasteiger partial charge in [0.25, 0.3) is 0 Å². The number of benzene rings is 1. The fourth-order valence-corrected chi connectivity index (χ4v) is 2.83. The number of halogens is 2. The molecule has 0 saturated carbocycles. The molecule has 2 rings (SSSR count). The molecule has 1 aliphatic rings. The summed E-state index contributed by atoms with van der Waals surface area (Å²) in [5, 5.41) is 3.83. The van der Waals surface area contributed by atoms with Gasteiger partial charge in [-0.3, -0.25) is 4.79 Å². The lowest BCUT2D eigenvalue weighted by Crippen LogP contribution is -2.48. The topological polar surface area (TPSA) is 38.3 Å². The highest BCUT2D eigenvalue weighted by Crippen LogP contribution is 2.23. The molecule has 98 valence electrons. The summed E-state index contributed by atoms with van der Waals surface area (Å²) in [5.41, 5.74) is 0.569. The van der Waals surface area contributed by atoms with E-state index in [0.717, 1.165) is 4.47 Å². The Morgan fingerprint density at radius 2 is 2.33 bits per heavy atom. The first kappa shape index (κ1) is 14.0. The molecular weight excluding hydrogens is 318 g/mol. The second-order valence-electron chi connectivity index (χ2n) is 4.55. The molecular formula is C13H15BrClNO2. The Balaban J connectivity index is 2.03. The maximum absolute atomic E-state index is 12.2. The Labute approximate surface area is 120 Å². The SMILES string of the molecule is CC1COCC(CC(=O)c2ccc(Br)cc2Cl)N1. The lowest BCUT2D eigenvalue weighted by atomic mass is 10.0. The molecule has 18 heavy (non-hydrogen) atoms. The van der Waals surface area contributed by atoms with Gasteiger partial charge >= 0.3 is 0 Å². The predicted octanol–water partition coefficient (Wildman–Crippen LogP) is 3.05. The van der Waals surface area contributed by atoms with Gasteiger partial charge in [0, 0.05) is 28.5 Å². The molecule has 5 heteroatoms. The van der Waals surface area contributed by atoms with Crippen LogP contribution in [0.1, 0.15) is 23.7 Å². The number of carbonyl (C=O) groups excluding carboxylic acids is 1. The van der Waals surface area contributed by atoms with Crippen molar-refractivity contribution in [1.82, 2.24) is 5.32 Å². The van der Waals surface area contributed by atoms with Crippen molar-refractivity contribution in [3.63, 3.8) is 0 Å². The molecule has 1 aliphatic heterocycles. The summed E-state index contributed by atoms with van der Waals surface area (Å²) in [6.07, 6.45) is 0.408. The number of carbonyl (C=O) groups is 1. The molecule has 2 unspecified atom stereocenters. The number of ketones is 1. The highest BCUT2D eigenvalue weighted by atomic mass is 79.9. The number of hydrogen-bond donors (Lipinski definition) is 1. The minimum absolute atomic E-state index is 0.0442. The molecule has 2 atom stereocenters. The zero-order valence-electron chi connectivity index (χ0n) is 10.1. The summed E-state index contributed by atoms with van der Waals surface area (Å²) in [4.78, 5) is 12.2. The first-order valence-corrected chi connectivity index (χ1v) is 7.05. The molecule has 1 fully saturated rings. The Hall–Kier alpha value is -0.420. The van der Waals surface area contributed by atoms with E-state index >= 15 is 0 Å². The van der Waals surface area contributed by atoms with Gasteiger partial charge in [-0.2, -0.15) is 0 Å². The van der Waals surface area contributed by atoms with E-state index in [-0.39, 0.29) is 17.9 Å². The van der Waals surface area contributed by atoms with Gasteiger partial charge in [0.05, 0.1) is 18.2 Å². The second kappa shape index (κ2) is 6.15. The van der Waals surface area contributed by atoms with Crippen molar-refractivity contribution >= 4 is 33.3 Å². The second-order valence-corrected chi connectivity index (χ2v) is 5.88. The zero-order chi connectivity index (χ0) is 13.1. The third-order valence-corrected chi connectivity index (χ3v) is 3.68. The maximum Gasteiger partial charge on any atom is 0.166 e.